The summed E-state index contributed by atoms with van der Waals surface area (Å²) in [6.45, 7) is 7.60. The zero-order valence-corrected chi connectivity index (χ0v) is 13.8. The van der Waals surface area contributed by atoms with E-state index in [0.717, 1.165) is 5.56 Å². The van der Waals surface area contributed by atoms with Gasteiger partial charge in [0.1, 0.15) is 0 Å². The number of carbonyl (C=O) groups is 2. The van der Waals surface area contributed by atoms with E-state index in [-0.39, 0.29) is 29.9 Å². The number of rotatable bonds is 4. The van der Waals surface area contributed by atoms with Crippen LogP contribution in [0.3, 0.4) is 0 Å². The molecule has 1 fully saturated rings. The van der Waals surface area contributed by atoms with Crippen LogP contribution >= 0.6 is 0 Å². The molecule has 1 heterocycles. The van der Waals surface area contributed by atoms with Crippen molar-refractivity contribution in [3.05, 3.63) is 29.3 Å². The average molecular weight is 320 g/mol. The summed E-state index contributed by atoms with van der Waals surface area (Å²) >= 11 is 0. The third-order valence-corrected chi connectivity index (χ3v) is 3.29. The number of carbonyl (C=O) groups excluding carboxylic acids is 2. The number of hydrogen-bond acceptors (Lipinski definition) is 6. The van der Waals surface area contributed by atoms with Gasteiger partial charge in [-0.05, 0) is 45.4 Å². The van der Waals surface area contributed by atoms with E-state index in [1.807, 2.05) is 27.7 Å². The highest BCUT2D eigenvalue weighted by atomic mass is 16.2. The quantitative estimate of drug-likeness (QED) is 0.476. The minimum absolute atomic E-state index is 0.154. The molecule has 23 heavy (non-hydrogen) atoms. The van der Waals surface area contributed by atoms with E-state index < -0.39 is 0 Å². The summed E-state index contributed by atoms with van der Waals surface area (Å²) in [6.07, 6.45) is 0.0281. The monoisotopic (exact) mass is 320 g/mol. The second-order valence-corrected chi connectivity index (χ2v) is 6.53. The van der Waals surface area contributed by atoms with Crippen LogP contribution in [0.2, 0.25) is 0 Å². The SMILES string of the molecule is Cc1c(NC(=O)CC2NNNN2)cccc1C(=O)NC(C)(C)C. The molecule has 0 radical (unpaired) electrons. The van der Waals surface area contributed by atoms with Gasteiger partial charge >= 0.3 is 0 Å². The molecule has 0 bridgehead atoms. The first kappa shape index (κ1) is 17.4. The van der Waals surface area contributed by atoms with Crippen LogP contribution in [0, 0.1) is 6.92 Å². The molecule has 1 aliphatic rings. The van der Waals surface area contributed by atoms with E-state index in [4.69, 9.17) is 0 Å². The predicted molar refractivity (Wildman–Crippen MR) is 88.0 cm³/mol. The zero-order chi connectivity index (χ0) is 17.0. The topological polar surface area (TPSA) is 106 Å². The van der Waals surface area contributed by atoms with E-state index in [9.17, 15) is 9.59 Å². The van der Waals surface area contributed by atoms with E-state index in [0.29, 0.717) is 11.3 Å². The molecule has 0 aromatic heterocycles. The largest absolute Gasteiger partial charge is 0.347 e. The van der Waals surface area contributed by atoms with Crippen molar-refractivity contribution in [3.63, 3.8) is 0 Å². The van der Waals surface area contributed by atoms with Crippen molar-refractivity contribution < 1.29 is 9.59 Å². The maximum atomic E-state index is 12.3. The predicted octanol–water partition coefficient (Wildman–Crippen LogP) is 0.295. The van der Waals surface area contributed by atoms with Gasteiger partial charge in [-0.25, -0.2) is 10.9 Å². The first-order valence-electron chi connectivity index (χ1n) is 7.49. The summed E-state index contributed by atoms with van der Waals surface area (Å²) < 4.78 is 0. The van der Waals surface area contributed by atoms with Gasteiger partial charge in [0.2, 0.25) is 5.91 Å². The maximum Gasteiger partial charge on any atom is 0.252 e. The normalized spacial score (nSPS) is 15.5. The van der Waals surface area contributed by atoms with Gasteiger partial charge in [0.15, 0.2) is 0 Å². The molecule has 0 aliphatic carbocycles. The van der Waals surface area contributed by atoms with Crippen molar-refractivity contribution in [2.45, 2.75) is 45.8 Å². The van der Waals surface area contributed by atoms with Crippen molar-refractivity contribution >= 4 is 17.5 Å². The van der Waals surface area contributed by atoms with E-state index in [1.165, 1.54) is 0 Å². The van der Waals surface area contributed by atoms with Gasteiger partial charge in [-0.15, -0.1) is 0 Å². The second-order valence-electron chi connectivity index (χ2n) is 6.53. The lowest BCUT2D eigenvalue weighted by Gasteiger charge is -2.22. The summed E-state index contributed by atoms with van der Waals surface area (Å²) in [5, 5.41) is 5.77. The van der Waals surface area contributed by atoms with Gasteiger partial charge in [-0.3, -0.25) is 9.59 Å². The number of hydrogen-bond donors (Lipinski definition) is 6. The van der Waals surface area contributed by atoms with E-state index in [2.05, 4.69) is 32.6 Å². The number of amides is 2. The molecule has 126 valence electrons. The lowest BCUT2D eigenvalue weighted by atomic mass is 10.0. The van der Waals surface area contributed by atoms with Crippen LogP contribution in [0.25, 0.3) is 0 Å². The molecule has 2 rings (SSSR count). The van der Waals surface area contributed by atoms with Gasteiger partial charge in [-0.1, -0.05) is 6.07 Å². The fourth-order valence-electron chi connectivity index (χ4n) is 2.20. The van der Waals surface area contributed by atoms with Crippen LogP contribution in [-0.4, -0.2) is 23.5 Å². The number of benzene rings is 1. The van der Waals surface area contributed by atoms with Crippen molar-refractivity contribution in [2.75, 3.05) is 5.32 Å². The summed E-state index contributed by atoms with van der Waals surface area (Å²) in [4.78, 5) is 24.4. The molecular weight excluding hydrogens is 296 g/mol. The van der Waals surface area contributed by atoms with E-state index in [1.54, 1.807) is 18.2 Å². The average Bonchev–Trinajstić information content (AvgIpc) is 2.91. The molecule has 6 N–H and O–H groups in total. The van der Waals surface area contributed by atoms with Gasteiger partial charge in [-0.2, -0.15) is 11.1 Å². The maximum absolute atomic E-state index is 12.3. The van der Waals surface area contributed by atoms with Gasteiger partial charge < -0.3 is 10.6 Å². The lowest BCUT2D eigenvalue weighted by molar-refractivity contribution is -0.116. The summed E-state index contributed by atoms with van der Waals surface area (Å²) in [7, 11) is 0. The number of anilines is 1. The smallest absolute Gasteiger partial charge is 0.252 e. The van der Waals surface area contributed by atoms with Crippen LogP contribution < -0.4 is 32.6 Å². The minimum atomic E-state index is -0.317. The Morgan fingerprint density at radius 3 is 2.43 bits per heavy atom. The molecule has 0 spiro atoms. The molecule has 1 aromatic rings. The molecule has 8 nitrogen and oxygen atoms in total. The van der Waals surface area contributed by atoms with Gasteiger partial charge in [0.05, 0.1) is 12.6 Å². The summed E-state index contributed by atoms with van der Waals surface area (Å²) in [6, 6.07) is 5.29. The van der Waals surface area contributed by atoms with Crippen molar-refractivity contribution in [3.8, 4) is 0 Å². The lowest BCUT2D eigenvalue weighted by Crippen LogP contribution is -2.41. The number of hydrazine groups is 3. The van der Waals surface area contributed by atoms with Crippen molar-refractivity contribution in [2.24, 2.45) is 0 Å². The third-order valence-electron chi connectivity index (χ3n) is 3.29. The molecular formula is C15H24N6O2. The molecule has 0 unspecified atom stereocenters. The second kappa shape index (κ2) is 7.05. The standard InChI is InChI=1S/C15H24N6O2/c1-9-10(14(23)17-15(2,3)4)6-5-7-11(9)16-13(22)8-12-18-20-21-19-12/h5-7,12,18-21H,8H2,1-4H3,(H,16,22)(H,17,23). The minimum Gasteiger partial charge on any atom is -0.347 e. The Kier molecular flexibility index (Phi) is 5.32. The molecule has 1 aliphatic heterocycles. The van der Waals surface area contributed by atoms with Crippen LogP contribution in [0.4, 0.5) is 5.69 Å². The first-order valence-corrected chi connectivity index (χ1v) is 7.49. The van der Waals surface area contributed by atoms with Crippen LogP contribution in [0.1, 0.15) is 43.1 Å². The molecule has 1 saturated heterocycles. The van der Waals surface area contributed by atoms with Crippen LogP contribution in [-0.2, 0) is 4.79 Å². The third kappa shape index (κ3) is 5.00. The Labute approximate surface area is 135 Å². The fraction of sp³-hybridized carbons (Fsp3) is 0.467. The van der Waals surface area contributed by atoms with Gasteiger partial charge in [0, 0.05) is 16.8 Å². The summed E-state index contributed by atoms with van der Waals surface area (Å²) in [5.41, 5.74) is 12.6. The zero-order valence-electron chi connectivity index (χ0n) is 13.8. The molecule has 2 amide bonds. The molecule has 8 heteroatoms. The summed E-state index contributed by atoms with van der Waals surface area (Å²) in [5.74, 6) is -0.310. The molecule has 1 aromatic carbocycles. The van der Waals surface area contributed by atoms with Crippen LogP contribution in [0.15, 0.2) is 18.2 Å². The Morgan fingerprint density at radius 2 is 1.83 bits per heavy atom. The van der Waals surface area contributed by atoms with E-state index >= 15 is 0 Å². The Bertz CT molecular complexity index is 590. The van der Waals surface area contributed by atoms with Crippen molar-refractivity contribution in [1.82, 2.24) is 27.2 Å². The highest BCUT2D eigenvalue weighted by Crippen LogP contribution is 2.20. The first-order chi connectivity index (χ1) is 10.8. The Hall–Kier alpha value is -2.00. The molecule has 0 atom stereocenters. The highest BCUT2D eigenvalue weighted by molar-refractivity contribution is 5.99. The molecule has 0 saturated carbocycles. The highest BCUT2D eigenvalue weighted by Gasteiger charge is 2.20. The Balaban J connectivity index is 2.06. The fourth-order valence-corrected chi connectivity index (χ4v) is 2.20. The van der Waals surface area contributed by atoms with Crippen molar-refractivity contribution in [1.29, 1.82) is 0 Å². The Morgan fingerprint density at radius 1 is 1.17 bits per heavy atom. The number of nitrogens with one attached hydrogen (secondary N) is 6. The van der Waals surface area contributed by atoms with Crippen LogP contribution in [0.5, 0.6) is 0 Å². The van der Waals surface area contributed by atoms with Gasteiger partial charge in [0.25, 0.3) is 5.91 Å².